The molecule has 4 aromatic carbocycles. The number of ether oxygens (including phenoxy) is 2. The molecule has 0 saturated carbocycles. The van der Waals surface area contributed by atoms with Crippen LogP contribution in [0.3, 0.4) is 0 Å². The summed E-state index contributed by atoms with van der Waals surface area (Å²) in [6, 6.07) is 30.0. The Morgan fingerprint density at radius 2 is 1.32 bits per heavy atom. The lowest BCUT2D eigenvalue weighted by molar-refractivity contribution is 0.0944. The number of hydrogen-bond donors (Lipinski definition) is 0. The van der Waals surface area contributed by atoms with Crippen molar-refractivity contribution in [1.29, 1.82) is 0 Å². The van der Waals surface area contributed by atoms with Gasteiger partial charge >= 0.3 is 0 Å². The molecule has 4 aromatic rings. The number of rotatable bonds is 7. The number of benzene rings is 4. The first-order chi connectivity index (χ1) is 18.0. The van der Waals surface area contributed by atoms with Crippen LogP contribution in [0.5, 0.6) is 11.5 Å². The molecular weight excluding hydrogens is 528 g/mol. The molecule has 1 aliphatic carbocycles. The minimum Gasteiger partial charge on any atom is -0.493 e. The van der Waals surface area contributed by atoms with Crippen LogP contribution in [0.1, 0.15) is 49.2 Å². The summed E-state index contributed by atoms with van der Waals surface area (Å²) in [5, 5.41) is 0. The lowest BCUT2D eigenvalue weighted by Crippen LogP contribution is -2.28. The highest BCUT2D eigenvalue weighted by Gasteiger charge is 2.41. The highest BCUT2D eigenvalue weighted by molar-refractivity contribution is 9.10. The zero-order valence-corrected chi connectivity index (χ0v) is 22.1. The largest absolute Gasteiger partial charge is 0.493 e. The fourth-order valence-corrected chi connectivity index (χ4v) is 5.27. The average molecular weight is 553 g/mol. The van der Waals surface area contributed by atoms with Gasteiger partial charge in [-0.05, 0) is 59.2 Å². The van der Waals surface area contributed by atoms with Crippen LogP contribution in [-0.4, -0.2) is 25.8 Å². The quantitative estimate of drug-likeness (QED) is 0.223. The summed E-state index contributed by atoms with van der Waals surface area (Å²) in [6.45, 7) is 0. The third kappa shape index (κ3) is 4.75. The number of ketones is 2. The van der Waals surface area contributed by atoms with E-state index in [0.717, 1.165) is 21.2 Å². The molecule has 0 radical (unpaired) electrons. The van der Waals surface area contributed by atoms with Gasteiger partial charge in [0.15, 0.2) is 23.1 Å². The second-order valence-corrected chi connectivity index (χ2v) is 9.78. The van der Waals surface area contributed by atoms with E-state index in [1.165, 1.54) is 0 Å². The number of allylic oxidation sites excluding steroid dienone is 1. The van der Waals surface area contributed by atoms with E-state index in [4.69, 9.17) is 9.47 Å². The van der Waals surface area contributed by atoms with E-state index < -0.39 is 11.8 Å². The minimum atomic E-state index is -0.640. The molecule has 0 heterocycles. The standard InChI is InChI=1S/C32H25BrO4/c1-36-27-18-23-17-26(31(34)22-13-15-24(33)16-14-22)29(20-9-5-3-6-10-20)30(25(23)19-28(27)37-2)32(35)21-11-7-4-8-12-21/h3-19,29-30H,1-2H3/t29-,30-/m1/s1. The topological polar surface area (TPSA) is 52.6 Å². The third-order valence-electron chi connectivity index (χ3n) is 6.77. The number of fused-ring (bicyclic) bond motifs is 1. The summed E-state index contributed by atoms with van der Waals surface area (Å²) in [7, 11) is 3.15. The number of halogens is 1. The van der Waals surface area contributed by atoms with Crippen LogP contribution in [-0.2, 0) is 0 Å². The summed E-state index contributed by atoms with van der Waals surface area (Å²) in [5.41, 5.74) is 4.17. The Balaban J connectivity index is 1.78. The third-order valence-corrected chi connectivity index (χ3v) is 7.30. The molecule has 0 amide bonds. The van der Waals surface area contributed by atoms with Gasteiger partial charge in [0.25, 0.3) is 0 Å². The molecule has 0 aromatic heterocycles. The number of methoxy groups -OCH3 is 2. The summed E-state index contributed by atoms with van der Waals surface area (Å²) >= 11 is 3.45. The molecular formula is C32H25BrO4. The van der Waals surface area contributed by atoms with Gasteiger partial charge in [-0.25, -0.2) is 0 Å². The molecule has 4 nitrogen and oxygen atoms in total. The first kappa shape index (κ1) is 24.7. The van der Waals surface area contributed by atoms with Gasteiger partial charge in [-0.15, -0.1) is 0 Å². The summed E-state index contributed by atoms with van der Waals surface area (Å²) in [6.07, 6.45) is 1.90. The monoisotopic (exact) mass is 552 g/mol. The first-order valence-electron chi connectivity index (χ1n) is 11.9. The summed E-state index contributed by atoms with van der Waals surface area (Å²) in [5.74, 6) is -0.230. The predicted octanol–water partition coefficient (Wildman–Crippen LogP) is 7.50. The van der Waals surface area contributed by atoms with Gasteiger partial charge in [0, 0.05) is 27.1 Å². The average Bonchev–Trinajstić information content (AvgIpc) is 2.96. The van der Waals surface area contributed by atoms with E-state index in [1.807, 2.05) is 91.0 Å². The molecule has 0 fully saturated rings. The number of Topliss-reactive ketones (excluding diaryl/α,β-unsaturated/α-hetero) is 2. The van der Waals surface area contributed by atoms with Gasteiger partial charge in [-0.1, -0.05) is 76.6 Å². The number of carbonyl (C=O) groups excluding carboxylic acids is 2. The van der Waals surface area contributed by atoms with Gasteiger partial charge < -0.3 is 9.47 Å². The van der Waals surface area contributed by atoms with Crippen molar-refractivity contribution in [3.05, 3.63) is 135 Å². The molecule has 1 aliphatic rings. The zero-order chi connectivity index (χ0) is 25.9. The maximum Gasteiger partial charge on any atom is 0.189 e. The molecule has 0 N–H and O–H groups in total. The molecule has 0 bridgehead atoms. The van der Waals surface area contributed by atoms with Crippen LogP contribution < -0.4 is 9.47 Å². The van der Waals surface area contributed by atoms with Crippen molar-refractivity contribution in [2.45, 2.75) is 11.8 Å². The van der Waals surface area contributed by atoms with Gasteiger partial charge in [0.2, 0.25) is 0 Å². The number of hydrogen-bond acceptors (Lipinski definition) is 4. The van der Waals surface area contributed by atoms with Gasteiger partial charge in [0.05, 0.1) is 20.1 Å². The molecule has 0 spiro atoms. The second-order valence-electron chi connectivity index (χ2n) is 8.87. The van der Waals surface area contributed by atoms with E-state index in [-0.39, 0.29) is 11.6 Å². The summed E-state index contributed by atoms with van der Waals surface area (Å²) < 4.78 is 12.1. The highest BCUT2D eigenvalue weighted by Crippen LogP contribution is 2.49. The molecule has 0 saturated heterocycles. The Morgan fingerprint density at radius 3 is 1.95 bits per heavy atom. The van der Waals surface area contributed by atoms with Gasteiger partial charge in [-0.3, -0.25) is 9.59 Å². The van der Waals surface area contributed by atoms with E-state index in [1.54, 1.807) is 26.4 Å². The van der Waals surface area contributed by atoms with Crippen LogP contribution in [0.4, 0.5) is 0 Å². The zero-order valence-electron chi connectivity index (χ0n) is 20.5. The van der Waals surface area contributed by atoms with Gasteiger partial charge in [-0.2, -0.15) is 0 Å². The maximum absolute atomic E-state index is 14.2. The van der Waals surface area contributed by atoms with Crippen molar-refractivity contribution in [2.75, 3.05) is 14.2 Å². The Kier molecular flexibility index (Phi) is 7.06. The molecule has 37 heavy (non-hydrogen) atoms. The van der Waals surface area contributed by atoms with Crippen molar-refractivity contribution in [3.8, 4) is 11.5 Å². The molecule has 0 aliphatic heterocycles. The van der Waals surface area contributed by atoms with Crippen LogP contribution in [0.2, 0.25) is 0 Å². The number of carbonyl (C=O) groups is 2. The fraction of sp³-hybridized carbons (Fsp3) is 0.125. The smallest absolute Gasteiger partial charge is 0.189 e. The molecule has 5 rings (SSSR count). The van der Waals surface area contributed by atoms with Crippen LogP contribution in [0.25, 0.3) is 6.08 Å². The normalized spacial score (nSPS) is 16.4. The van der Waals surface area contributed by atoms with Gasteiger partial charge in [0.1, 0.15) is 0 Å². The van der Waals surface area contributed by atoms with E-state index >= 15 is 0 Å². The molecule has 2 atom stereocenters. The highest BCUT2D eigenvalue weighted by atomic mass is 79.9. The van der Waals surface area contributed by atoms with E-state index in [0.29, 0.717) is 28.2 Å². The van der Waals surface area contributed by atoms with Crippen molar-refractivity contribution in [2.24, 2.45) is 0 Å². The molecule has 184 valence electrons. The second kappa shape index (κ2) is 10.6. The lowest BCUT2D eigenvalue weighted by atomic mass is 9.67. The Bertz CT molecular complexity index is 1470. The summed E-state index contributed by atoms with van der Waals surface area (Å²) in [4.78, 5) is 28.3. The Hall–Kier alpha value is -3.96. The molecule has 5 heteroatoms. The van der Waals surface area contributed by atoms with Crippen LogP contribution in [0.15, 0.2) is 107 Å². The first-order valence-corrected chi connectivity index (χ1v) is 12.7. The van der Waals surface area contributed by atoms with E-state index in [2.05, 4.69) is 15.9 Å². The molecule has 0 unspecified atom stereocenters. The predicted molar refractivity (Wildman–Crippen MR) is 149 cm³/mol. The van der Waals surface area contributed by atoms with E-state index in [9.17, 15) is 9.59 Å². The van der Waals surface area contributed by atoms with Crippen LogP contribution >= 0.6 is 15.9 Å². The van der Waals surface area contributed by atoms with Crippen molar-refractivity contribution < 1.29 is 19.1 Å². The Morgan fingerprint density at radius 1 is 0.730 bits per heavy atom. The SMILES string of the molecule is COc1cc2c(cc1OC)[C@@H](C(=O)c1ccccc1)[C@H](c1ccccc1)C(C(=O)c1ccc(Br)cc1)=C2. The van der Waals surface area contributed by atoms with Crippen molar-refractivity contribution >= 4 is 33.6 Å². The van der Waals surface area contributed by atoms with Crippen molar-refractivity contribution in [3.63, 3.8) is 0 Å². The van der Waals surface area contributed by atoms with Crippen molar-refractivity contribution in [1.82, 2.24) is 0 Å². The van der Waals surface area contributed by atoms with Crippen LogP contribution in [0, 0.1) is 0 Å². The lowest BCUT2D eigenvalue weighted by Gasteiger charge is -2.34. The maximum atomic E-state index is 14.2. The Labute approximate surface area is 224 Å². The minimum absolute atomic E-state index is 0.0582. The fourth-order valence-electron chi connectivity index (χ4n) is 5.00.